The summed E-state index contributed by atoms with van der Waals surface area (Å²) >= 11 is 0. The lowest BCUT2D eigenvalue weighted by Gasteiger charge is -2.25. The fourth-order valence-electron chi connectivity index (χ4n) is 3.22. The number of hydrogen-bond donors (Lipinski definition) is 2. The zero-order chi connectivity index (χ0) is 22.0. The third-order valence-corrected chi connectivity index (χ3v) is 6.24. The molecule has 1 atom stereocenters. The van der Waals surface area contributed by atoms with Crippen molar-refractivity contribution in [1.29, 1.82) is 0 Å². The molecule has 3 aromatic carbocycles. The van der Waals surface area contributed by atoms with Gasteiger partial charge in [-0.1, -0.05) is 29.8 Å². The van der Waals surface area contributed by atoms with Crippen LogP contribution in [-0.4, -0.2) is 27.0 Å². The molecule has 0 saturated carbocycles. The minimum Gasteiger partial charge on any atom is -0.485 e. The molecule has 0 bridgehead atoms. The van der Waals surface area contributed by atoms with E-state index in [4.69, 9.17) is 9.47 Å². The van der Waals surface area contributed by atoms with E-state index >= 15 is 0 Å². The van der Waals surface area contributed by atoms with Crippen LogP contribution in [-0.2, 0) is 14.8 Å². The summed E-state index contributed by atoms with van der Waals surface area (Å²) in [6.07, 6.45) is -0.801. The van der Waals surface area contributed by atoms with Crippen molar-refractivity contribution in [1.82, 2.24) is 0 Å². The summed E-state index contributed by atoms with van der Waals surface area (Å²) in [4.78, 5) is 12.6. The maximum Gasteiger partial charge on any atom is 0.269 e. The number of hydrogen-bond acceptors (Lipinski definition) is 5. The van der Waals surface area contributed by atoms with Crippen LogP contribution in [0.15, 0.2) is 71.6 Å². The lowest BCUT2D eigenvalue weighted by molar-refractivity contribution is -0.125. The van der Waals surface area contributed by atoms with Gasteiger partial charge in [0, 0.05) is 5.69 Å². The van der Waals surface area contributed by atoms with E-state index in [9.17, 15) is 13.2 Å². The van der Waals surface area contributed by atoms with Crippen molar-refractivity contribution in [2.45, 2.75) is 24.8 Å². The summed E-state index contributed by atoms with van der Waals surface area (Å²) in [5.41, 5.74) is 2.87. The van der Waals surface area contributed by atoms with Crippen molar-refractivity contribution in [2.75, 3.05) is 16.6 Å². The van der Waals surface area contributed by atoms with Crippen LogP contribution in [0.1, 0.15) is 11.1 Å². The summed E-state index contributed by atoms with van der Waals surface area (Å²) in [5.74, 6) is 0.726. The zero-order valence-corrected chi connectivity index (χ0v) is 17.9. The van der Waals surface area contributed by atoms with Gasteiger partial charge in [-0.3, -0.25) is 9.52 Å². The van der Waals surface area contributed by atoms with Crippen LogP contribution >= 0.6 is 0 Å². The molecule has 1 aliphatic rings. The molecule has 0 fully saturated rings. The van der Waals surface area contributed by atoms with Gasteiger partial charge >= 0.3 is 0 Å². The van der Waals surface area contributed by atoms with Gasteiger partial charge in [0.25, 0.3) is 15.9 Å². The number of amides is 1. The van der Waals surface area contributed by atoms with Crippen molar-refractivity contribution in [2.24, 2.45) is 0 Å². The summed E-state index contributed by atoms with van der Waals surface area (Å²) in [7, 11) is -3.76. The van der Waals surface area contributed by atoms with Crippen LogP contribution in [0, 0.1) is 13.8 Å². The Morgan fingerprint density at radius 2 is 1.68 bits per heavy atom. The fourth-order valence-corrected chi connectivity index (χ4v) is 4.35. The standard InChI is InChI=1S/C23H22N2O5S/c1-15-7-12-19(16(2)13-15)25-31(27,28)18-10-8-17(9-11-18)24-23(26)22-14-29-20-5-3-4-6-21(20)30-22/h3-13,22,25H,14H2,1-2H3,(H,24,26). The number of rotatable bonds is 5. The lowest BCUT2D eigenvalue weighted by atomic mass is 10.1. The van der Waals surface area contributed by atoms with Gasteiger partial charge in [0.2, 0.25) is 6.10 Å². The first kappa shape index (κ1) is 20.7. The SMILES string of the molecule is Cc1ccc(NS(=O)(=O)c2ccc(NC(=O)C3COc4ccccc4O3)cc2)c(C)c1. The van der Waals surface area contributed by atoms with Crippen LogP contribution in [0.5, 0.6) is 11.5 Å². The predicted octanol–water partition coefficient (Wildman–Crippen LogP) is 3.88. The minimum absolute atomic E-state index is 0.0924. The topological polar surface area (TPSA) is 93.7 Å². The number of fused-ring (bicyclic) bond motifs is 1. The Morgan fingerprint density at radius 3 is 2.39 bits per heavy atom. The summed E-state index contributed by atoms with van der Waals surface area (Å²) in [6, 6.07) is 18.6. The Bertz CT molecular complexity index is 1220. The van der Waals surface area contributed by atoms with Crippen LogP contribution < -0.4 is 19.5 Å². The van der Waals surface area contributed by atoms with Crippen molar-refractivity contribution in [3.8, 4) is 11.5 Å². The minimum atomic E-state index is -3.76. The van der Waals surface area contributed by atoms with Gasteiger partial charge in [0.15, 0.2) is 11.5 Å². The third kappa shape index (κ3) is 4.64. The number of benzene rings is 3. The average Bonchev–Trinajstić information content (AvgIpc) is 2.75. The number of aryl methyl sites for hydroxylation is 2. The second-order valence-corrected chi connectivity index (χ2v) is 8.98. The molecule has 8 heteroatoms. The smallest absolute Gasteiger partial charge is 0.269 e. The highest BCUT2D eigenvalue weighted by molar-refractivity contribution is 7.92. The molecule has 2 N–H and O–H groups in total. The number of carbonyl (C=O) groups excluding carboxylic acids is 1. The molecule has 1 heterocycles. The van der Waals surface area contributed by atoms with E-state index < -0.39 is 16.1 Å². The Kier molecular flexibility index (Phi) is 5.56. The van der Waals surface area contributed by atoms with Gasteiger partial charge in [-0.2, -0.15) is 0 Å². The highest BCUT2D eigenvalue weighted by atomic mass is 32.2. The number of carbonyl (C=O) groups is 1. The Balaban J connectivity index is 1.42. The van der Waals surface area contributed by atoms with E-state index in [1.54, 1.807) is 24.3 Å². The molecular weight excluding hydrogens is 416 g/mol. The molecule has 7 nitrogen and oxygen atoms in total. The monoisotopic (exact) mass is 438 g/mol. The first-order valence-corrected chi connectivity index (χ1v) is 11.2. The number of anilines is 2. The van der Waals surface area contributed by atoms with Gasteiger partial charge in [-0.15, -0.1) is 0 Å². The molecule has 0 saturated heterocycles. The van der Waals surface area contributed by atoms with Gasteiger partial charge in [-0.25, -0.2) is 8.42 Å². The first-order valence-electron chi connectivity index (χ1n) is 9.71. The summed E-state index contributed by atoms with van der Waals surface area (Å²) in [5, 5.41) is 2.73. The largest absolute Gasteiger partial charge is 0.485 e. The van der Waals surface area contributed by atoms with Crippen molar-refractivity contribution in [3.63, 3.8) is 0 Å². The van der Waals surface area contributed by atoms with Crippen LogP contribution in [0.25, 0.3) is 0 Å². The molecule has 1 aliphatic heterocycles. The first-order chi connectivity index (χ1) is 14.8. The maximum absolute atomic E-state index is 12.7. The lowest BCUT2D eigenvalue weighted by Crippen LogP contribution is -2.40. The van der Waals surface area contributed by atoms with Gasteiger partial charge in [0.1, 0.15) is 6.61 Å². The molecule has 0 spiro atoms. The number of sulfonamides is 1. The molecule has 1 amide bonds. The van der Waals surface area contributed by atoms with Crippen molar-refractivity contribution in [3.05, 3.63) is 77.9 Å². The molecule has 31 heavy (non-hydrogen) atoms. The van der Waals surface area contributed by atoms with Gasteiger partial charge < -0.3 is 14.8 Å². The average molecular weight is 439 g/mol. The van der Waals surface area contributed by atoms with E-state index in [1.165, 1.54) is 24.3 Å². The Morgan fingerprint density at radius 1 is 0.968 bits per heavy atom. The van der Waals surface area contributed by atoms with Crippen molar-refractivity contribution < 1.29 is 22.7 Å². The molecule has 0 radical (unpaired) electrons. The van der Waals surface area contributed by atoms with Crippen LogP contribution in [0.2, 0.25) is 0 Å². The van der Waals surface area contributed by atoms with Crippen LogP contribution in [0.3, 0.4) is 0 Å². The van der Waals surface area contributed by atoms with E-state index in [0.29, 0.717) is 22.9 Å². The normalized spacial score (nSPS) is 15.2. The van der Waals surface area contributed by atoms with Crippen LogP contribution in [0.4, 0.5) is 11.4 Å². The van der Waals surface area contributed by atoms with Crippen molar-refractivity contribution >= 4 is 27.3 Å². The van der Waals surface area contributed by atoms with E-state index in [2.05, 4.69) is 10.0 Å². The van der Waals surface area contributed by atoms with E-state index in [1.807, 2.05) is 32.0 Å². The maximum atomic E-state index is 12.7. The number of para-hydroxylation sites is 2. The summed E-state index contributed by atoms with van der Waals surface area (Å²) < 4.78 is 39.2. The second-order valence-electron chi connectivity index (χ2n) is 7.30. The number of ether oxygens (including phenoxy) is 2. The highest BCUT2D eigenvalue weighted by Gasteiger charge is 2.27. The predicted molar refractivity (Wildman–Crippen MR) is 118 cm³/mol. The summed E-state index contributed by atoms with van der Waals surface area (Å²) in [6.45, 7) is 3.88. The Labute approximate surface area is 181 Å². The molecule has 3 aromatic rings. The molecule has 160 valence electrons. The van der Waals surface area contributed by atoms with E-state index in [0.717, 1.165) is 11.1 Å². The van der Waals surface area contributed by atoms with Gasteiger partial charge in [-0.05, 0) is 61.9 Å². The zero-order valence-electron chi connectivity index (χ0n) is 17.1. The molecule has 1 unspecified atom stereocenters. The third-order valence-electron chi connectivity index (χ3n) is 4.86. The molecular formula is C23H22N2O5S. The fraction of sp³-hybridized carbons (Fsp3) is 0.174. The van der Waals surface area contributed by atoms with Gasteiger partial charge in [0.05, 0.1) is 10.6 Å². The molecule has 0 aromatic heterocycles. The molecule has 4 rings (SSSR count). The highest BCUT2D eigenvalue weighted by Crippen LogP contribution is 2.31. The second kappa shape index (κ2) is 8.31. The quantitative estimate of drug-likeness (QED) is 0.631. The Hall–Kier alpha value is -3.52. The molecule has 0 aliphatic carbocycles. The van der Waals surface area contributed by atoms with E-state index in [-0.39, 0.29) is 17.4 Å². The number of nitrogens with one attached hydrogen (secondary N) is 2.